The third-order valence-electron chi connectivity index (χ3n) is 3.41. The molecule has 1 aromatic carbocycles. The Morgan fingerprint density at radius 2 is 1.92 bits per heavy atom. The van der Waals surface area contributed by atoms with Crippen molar-refractivity contribution in [1.29, 1.82) is 5.26 Å². The summed E-state index contributed by atoms with van der Waals surface area (Å²) in [5.41, 5.74) is 0.539. The topological polar surface area (TPSA) is 91.2 Å². The molecule has 2 N–H and O–H groups in total. The predicted octanol–water partition coefficient (Wildman–Crippen LogP) is 3.38. The number of para-hydroxylation sites is 1. The van der Waals surface area contributed by atoms with Crippen molar-refractivity contribution in [1.82, 2.24) is 5.32 Å². The van der Waals surface area contributed by atoms with E-state index in [1.807, 2.05) is 13.0 Å². The summed E-state index contributed by atoms with van der Waals surface area (Å²) in [6.45, 7) is 5.09. The van der Waals surface area contributed by atoms with Crippen molar-refractivity contribution in [3.05, 3.63) is 41.6 Å². The van der Waals surface area contributed by atoms with Gasteiger partial charge in [-0.3, -0.25) is 4.79 Å². The molecule has 0 atom stereocenters. The average molecular weight is 343 g/mol. The molecule has 0 fully saturated rings. The number of carbonyl (C=O) groups excluding carboxylic acids is 2. The number of nitrogens with one attached hydrogen (secondary N) is 2. The molecule has 6 nitrogen and oxygen atoms in total. The summed E-state index contributed by atoms with van der Waals surface area (Å²) in [6, 6.07) is 8.44. The Hall–Kier alpha value is -2.81. The summed E-state index contributed by atoms with van der Waals surface area (Å²) in [7, 11) is 0. The molecule has 0 spiro atoms. The number of ether oxygens (including phenoxy) is 1. The molecule has 1 rings (SSSR count). The first-order valence-electron chi connectivity index (χ1n) is 8.55. The predicted molar refractivity (Wildman–Crippen MR) is 96.9 cm³/mol. The van der Waals surface area contributed by atoms with Gasteiger partial charge in [-0.2, -0.15) is 5.26 Å². The lowest BCUT2D eigenvalue weighted by Gasteiger charge is -2.10. The smallest absolute Gasteiger partial charge is 0.340 e. The number of nitriles is 1. The number of anilines is 1. The molecule has 6 heteroatoms. The molecule has 0 bridgehead atoms. The van der Waals surface area contributed by atoms with Gasteiger partial charge in [0.25, 0.3) is 5.91 Å². The SMILES string of the molecule is CCCCN/C=C(/C#N)C(=O)Nc1ccccc1C(=O)OCCCC. The van der Waals surface area contributed by atoms with Crippen LogP contribution in [0.2, 0.25) is 0 Å². The van der Waals surface area contributed by atoms with Crippen LogP contribution in [0.5, 0.6) is 0 Å². The molecular weight excluding hydrogens is 318 g/mol. The van der Waals surface area contributed by atoms with E-state index < -0.39 is 11.9 Å². The molecule has 0 heterocycles. The van der Waals surface area contributed by atoms with E-state index in [9.17, 15) is 9.59 Å². The van der Waals surface area contributed by atoms with Gasteiger partial charge in [0.2, 0.25) is 0 Å². The number of hydrogen-bond acceptors (Lipinski definition) is 5. The Labute approximate surface area is 148 Å². The van der Waals surface area contributed by atoms with Crippen LogP contribution < -0.4 is 10.6 Å². The maximum atomic E-state index is 12.2. The number of nitrogens with zero attached hydrogens (tertiary/aromatic N) is 1. The molecule has 0 aliphatic heterocycles. The molecule has 0 aromatic heterocycles. The Balaban J connectivity index is 2.79. The zero-order chi connectivity index (χ0) is 18.5. The highest BCUT2D eigenvalue weighted by atomic mass is 16.5. The van der Waals surface area contributed by atoms with Crippen LogP contribution in [-0.2, 0) is 9.53 Å². The van der Waals surface area contributed by atoms with E-state index in [1.54, 1.807) is 24.3 Å². The molecule has 0 saturated carbocycles. The maximum absolute atomic E-state index is 12.2. The van der Waals surface area contributed by atoms with Crippen LogP contribution in [0.15, 0.2) is 36.0 Å². The van der Waals surface area contributed by atoms with E-state index in [4.69, 9.17) is 10.00 Å². The third kappa shape index (κ3) is 7.08. The average Bonchev–Trinajstić information content (AvgIpc) is 2.62. The normalized spacial score (nSPS) is 10.7. The summed E-state index contributed by atoms with van der Waals surface area (Å²) < 4.78 is 5.19. The lowest BCUT2D eigenvalue weighted by molar-refractivity contribution is -0.112. The fourth-order valence-electron chi connectivity index (χ4n) is 1.95. The lowest BCUT2D eigenvalue weighted by atomic mass is 10.1. The first-order chi connectivity index (χ1) is 12.1. The minimum Gasteiger partial charge on any atom is -0.462 e. The molecule has 1 aromatic rings. The van der Waals surface area contributed by atoms with Gasteiger partial charge in [-0.25, -0.2) is 4.79 Å². The summed E-state index contributed by atoms with van der Waals surface area (Å²) in [5.74, 6) is -1.06. The van der Waals surface area contributed by atoms with Crippen LogP contribution in [0.3, 0.4) is 0 Å². The van der Waals surface area contributed by atoms with Gasteiger partial charge in [0.15, 0.2) is 0 Å². The highest BCUT2D eigenvalue weighted by molar-refractivity contribution is 6.09. The second kappa shape index (κ2) is 11.7. The summed E-state index contributed by atoms with van der Waals surface area (Å²) in [5, 5.41) is 14.7. The van der Waals surface area contributed by atoms with E-state index >= 15 is 0 Å². The van der Waals surface area contributed by atoms with Crippen molar-refractivity contribution in [2.24, 2.45) is 0 Å². The monoisotopic (exact) mass is 343 g/mol. The van der Waals surface area contributed by atoms with Crippen LogP contribution in [0, 0.1) is 11.3 Å². The molecule has 1 amide bonds. The quantitative estimate of drug-likeness (QED) is 0.294. The number of amides is 1. The lowest BCUT2D eigenvalue weighted by Crippen LogP contribution is -2.19. The fourth-order valence-corrected chi connectivity index (χ4v) is 1.95. The second-order valence-corrected chi connectivity index (χ2v) is 5.47. The Morgan fingerprint density at radius 1 is 1.20 bits per heavy atom. The van der Waals surface area contributed by atoms with Crippen LogP contribution >= 0.6 is 0 Å². The van der Waals surface area contributed by atoms with Gasteiger partial charge in [0.1, 0.15) is 11.6 Å². The number of carbonyl (C=O) groups is 2. The van der Waals surface area contributed by atoms with Crippen LogP contribution in [0.4, 0.5) is 5.69 Å². The van der Waals surface area contributed by atoms with Crippen molar-refractivity contribution in [2.75, 3.05) is 18.5 Å². The summed E-state index contributed by atoms with van der Waals surface area (Å²) >= 11 is 0. The molecular formula is C19H25N3O3. The van der Waals surface area contributed by atoms with Crippen LogP contribution in [-0.4, -0.2) is 25.0 Å². The van der Waals surface area contributed by atoms with Crippen LogP contribution in [0.1, 0.15) is 49.9 Å². The zero-order valence-corrected chi connectivity index (χ0v) is 14.8. The van der Waals surface area contributed by atoms with Gasteiger partial charge >= 0.3 is 5.97 Å². The van der Waals surface area contributed by atoms with Gasteiger partial charge in [-0.15, -0.1) is 0 Å². The number of unbranched alkanes of at least 4 members (excludes halogenated alkanes) is 2. The van der Waals surface area contributed by atoms with Crippen molar-refractivity contribution in [3.63, 3.8) is 0 Å². The van der Waals surface area contributed by atoms with E-state index in [-0.39, 0.29) is 11.1 Å². The van der Waals surface area contributed by atoms with E-state index in [1.165, 1.54) is 6.20 Å². The molecule has 0 saturated heterocycles. The third-order valence-corrected chi connectivity index (χ3v) is 3.41. The van der Waals surface area contributed by atoms with Crippen molar-refractivity contribution in [2.45, 2.75) is 39.5 Å². The maximum Gasteiger partial charge on any atom is 0.340 e. The minimum absolute atomic E-state index is 0.0507. The zero-order valence-electron chi connectivity index (χ0n) is 14.8. The Morgan fingerprint density at radius 3 is 2.60 bits per heavy atom. The van der Waals surface area contributed by atoms with Gasteiger partial charge < -0.3 is 15.4 Å². The fraction of sp³-hybridized carbons (Fsp3) is 0.421. The molecule has 0 aliphatic rings. The first-order valence-corrected chi connectivity index (χ1v) is 8.55. The van der Waals surface area contributed by atoms with Crippen molar-refractivity contribution < 1.29 is 14.3 Å². The van der Waals surface area contributed by atoms with Gasteiger partial charge in [0, 0.05) is 12.7 Å². The number of esters is 1. The molecule has 0 radical (unpaired) electrons. The van der Waals surface area contributed by atoms with Crippen molar-refractivity contribution in [3.8, 4) is 6.07 Å². The summed E-state index contributed by atoms with van der Waals surface area (Å²) in [4.78, 5) is 24.4. The molecule has 0 unspecified atom stereocenters. The summed E-state index contributed by atoms with van der Waals surface area (Å²) in [6.07, 6.45) is 5.07. The number of benzene rings is 1. The second-order valence-electron chi connectivity index (χ2n) is 5.47. The van der Waals surface area contributed by atoms with Gasteiger partial charge in [-0.05, 0) is 25.0 Å². The first kappa shape index (κ1) is 20.2. The Bertz CT molecular complexity index is 648. The van der Waals surface area contributed by atoms with Gasteiger partial charge in [-0.1, -0.05) is 38.8 Å². The van der Waals surface area contributed by atoms with E-state index in [0.29, 0.717) is 18.8 Å². The van der Waals surface area contributed by atoms with E-state index in [2.05, 4.69) is 17.6 Å². The highest BCUT2D eigenvalue weighted by Gasteiger charge is 2.16. The van der Waals surface area contributed by atoms with Crippen LogP contribution in [0.25, 0.3) is 0 Å². The van der Waals surface area contributed by atoms with Gasteiger partial charge in [0.05, 0.1) is 17.9 Å². The van der Waals surface area contributed by atoms with Crippen molar-refractivity contribution >= 4 is 17.6 Å². The highest BCUT2D eigenvalue weighted by Crippen LogP contribution is 2.17. The standard InChI is InChI=1S/C19H25N3O3/c1-3-5-11-21-14-15(13-20)18(23)22-17-10-8-7-9-16(17)19(24)25-12-6-4-2/h7-10,14,21H,3-6,11-12H2,1-2H3,(H,22,23)/b15-14-. The molecule has 0 aliphatic carbocycles. The molecule has 134 valence electrons. The minimum atomic E-state index is -0.569. The molecule has 25 heavy (non-hydrogen) atoms. The number of rotatable bonds is 10. The largest absolute Gasteiger partial charge is 0.462 e. The number of hydrogen-bond donors (Lipinski definition) is 2. The van der Waals surface area contributed by atoms with E-state index in [0.717, 1.165) is 25.7 Å². The Kier molecular flexibility index (Phi) is 9.46.